The highest BCUT2D eigenvalue weighted by atomic mass is 16.5. The number of carboxylic acid groups (broad SMARTS) is 1. The van der Waals surface area contributed by atoms with Gasteiger partial charge in [0, 0.05) is 29.7 Å². The van der Waals surface area contributed by atoms with E-state index in [4.69, 9.17) is 9.84 Å². The van der Waals surface area contributed by atoms with Crippen LogP contribution in [0.3, 0.4) is 0 Å². The number of carbonyl (C=O) groups is 1. The molecule has 0 amide bonds. The van der Waals surface area contributed by atoms with Crippen molar-refractivity contribution in [1.29, 1.82) is 0 Å². The summed E-state index contributed by atoms with van der Waals surface area (Å²) in [5.74, 6) is -0.0967. The molecule has 0 fully saturated rings. The number of ether oxygens (including phenoxy) is 1. The molecule has 2 rings (SSSR count). The number of carboxylic acids is 1. The van der Waals surface area contributed by atoms with Crippen LogP contribution in [0.25, 0.3) is 0 Å². The van der Waals surface area contributed by atoms with E-state index in [1.165, 1.54) is 0 Å². The van der Waals surface area contributed by atoms with E-state index < -0.39 is 5.97 Å². The molecule has 2 heterocycles. The molecule has 0 radical (unpaired) electrons. The van der Waals surface area contributed by atoms with Gasteiger partial charge >= 0.3 is 5.97 Å². The highest BCUT2D eigenvalue weighted by Crippen LogP contribution is 2.24. The average Bonchev–Trinajstić information content (AvgIpc) is 2.82. The zero-order valence-electron chi connectivity index (χ0n) is 11.2. The molecule has 0 saturated heterocycles. The predicted molar refractivity (Wildman–Crippen MR) is 70.8 cm³/mol. The largest absolute Gasteiger partial charge is 0.496 e. The maximum atomic E-state index is 10.8. The van der Waals surface area contributed by atoms with Gasteiger partial charge in [0.25, 0.3) is 0 Å². The normalized spacial score (nSPS) is 10.5. The Morgan fingerprint density at radius 1 is 1.47 bits per heavy atom. The van der Waals surface area contributed by atoms with Crippen molar-refractivity contribution in [2.45, 2.75) is 20.4 Å². The van der Waals surface area contributed by atoms with Gasteiger partial charge in [0.2, 0.25) is 0 Å². The van der Waals surface area contributed by atoms with Crippen molar-refractivity contribution in [3.05, 3.63) is 47.0 Å². The van der Waals surface area contributed by atoms with E-state index in [1.54, 1.807) is 36.3 Å². The number of methoxy groups -OCH3 is 1. The summed E-state index contributed by atoms with van der Waals surface area (Å²) in [4.78, 5) is 15.2. The van der Waals surface area contributed by atoms with Crippen LogP contribution in [0, 0.1) is 13.8 Å². The third kappa shape index (κ3) is 2.59. The smallest absolute Gasteiger partial charge is 0.337 e. The van der Waals surface area contributed by atoms with Crippen molar-refractivity contribution < 1.29 is 14.6 Å². The van der Waals surface area contributed by atoms with E-state index in [9.17, 15) is 4.79 Å². The summed E-state index contributed by atoms with van der Waals surface area (Å²) in [5, 5.41) is 8.89. The second kappa shape index (κ2) is 5.14. The minimum Gasteiger partial charge on any atom is -0.496 e. The Morgan fingerprint density at radius 2 is 2.21 bits per heavy atom. The van der Waals surface area contributed by atoms with Crippen molar-refractivity contribution in [3.8, 4) is 5.75 Å². The predicted octanol–water partition coefficient (Wildman–Crippen LogP) is 2.26. The van der Waals surface area contributed by atoms with Gasteiger partial charge in [-0.2, -0.15) is 0 Å². The number of aromatic nitrogens is 2. The molecule has 100 valence electrons. The lowest BCUT2D eigenvalue weighted by molar-refractivity contribution is 0.0697. The van der Waals surface area contributed by atoms with Crippen LogP contribution >= 0.6 is 0 Å². The third-order valence-corrected chi connectivity index (χ3v) is 3.08. The van der Waals surface area contributed by atoms with Gasteiger partial charge in [-0.05, 0) is 19.9 Å². The SMILES string of the molecule is COc1c(C)cnc(Cn2ccc(C(=O)O)c2)c1C. The van der Waals surface area contributed by atoms with E-state index in [0.29, 0.717) is 6.54 Å². The van der Waals surface area contributed by atoms with Crippen LogP contribution in [0.5, 0.6) is 5.75 Å². The zero-order valence-corrected chi connectivity index (χ0v) is 11.2. The van der Waals surface area contributed by atoms with Crippen molar-refractivity contribution in [2.24, 2.45) is 0 Å². The first-order valence-electron chi connectivity index (χ1n) is 5.91. The molecule has 1 N–H and O–H groups in total. The highest BCUT2D eigenvalue weighted by molar-refractivity contribution is 5.87. The van der Waals surface area contributed by atoms with E-state index in [1.807, 2.05) is 13.8 Å². The van der Waals surface area contributed by atoms with Gasteiger partial charge in [-0.15, -0.1) is 0 Å². The van der Waals surface area contributed by atoms with E-state index >= 15 is 0 Å². The van der Waals surface area contributed by atoms with Crippen LogP contribution in [0.4, 0.5) is 0 Å². The molecule has 19 heavy (non-hydrogen) atoms. The molecule has 0 aliphatic rings. The van der Waals surface area contributed by atoms with Crippen molar-refractivity contribution in [1.82, 2.24) is 9.55 Å². The van der Waals surface area contributed by atoms with Gasteiger partial charge in [-0.1, -0.05) is 0 Å². The number of nitrogens with zero attached hydrogens (tertiary/aromatic N) is 2. The summed E-state index contributed by atoms with van der Waals surface area (Å²) in [6.07, 6.45) is 5.09. The van der Waals surface area contributed by atoms with Crippen LogP contribution in [0.15, 0.2) is 24.7 Å². The minimum atomic E-state index is -0.926. The topological polar surface area (TPSA) is 64.4 Å². The van der Waals surface area contributed by atoms with Gasteiger partial charge in [-0.25, -0.2) is 4.79 Å². The molecule has 0 aromatic carbocycles. The summed E-state index contributed by atoms with van der Waals surface area (Å²) in [6.45, 7) is 4.42. The Morgan fingerprint density at radius 3 is 2.79 bits per heavy atom. The van der Waals surface area contributed by atoms with Gasteiger partial charge in [-0.3, -0.25) is 4.98 Å². The first-order chi connectivity index (χ1) is 9.02. The maximum absolute atomic E-state index is 10.8. The molecule has 0 aliphatic heterocycles. The minimum absolute atomic E-state index is 0.275. The van der Waals surface area contributed by atoms with Gasteiger partial charge in [0.1, 0.15) is 5.75 Å². The van der Waals surface area contributed by atoms with E-state index in [0.717, 1.165) is 22.6 Å². The molecule has 5 heteroatoms. The molecule has 0 saturated carbocycles. The Bertz CT molecular complexity index is 617. The molecule has 0 unspecified atom stereocenters. The molecular formula is C14H16N2O3. The van der Waals surface area contributed by atoms with Crippen LogP contribution in [-0.2, 0) is 6.54 Å². The molecular weight excluding hydrogens is 244 g/mol. The molecule has 2 aromatic rings. The first-order valence-corrected chi connectivity index (χ1v) is 5.91. The summed E-state index contributed by atoms with van der Waals surface area (Å²) in [6, 6.07) is 1.57. The Kier molecular flexibility index (Phi) is 3.55. The number of rotatable bonds is 4. The monoisotopic (exact) mass is 260 g/mol. The maximum Gasteiger partial charge on any atom is 0.337 e. The number of hydrogen-bond acceptors (Lipinski definition) is 3. The second-order valence-electron chi connectivity index (χ2n) is 4.42. The van der Waals surface area contributed by atoms with Crippen molar-refractivity contribution in [3.63, 3.8) is 0 Å². The lowest BCUT2D eigenvalue weighted by Crippen LogP contribution is -2.05. The summed E-state index contributed by atoms with van der Waals surface area (Å²) in [7, 11) is 1.64. The number of hydrogen-bond donors (Lipinski definition) is 1. The molecule has 0 bridgehead atoms. The van der Waals surface area contributed by atoms with Crippen molar-refractivity contribution in [2.75, 3.05) is 7.11 Å². The molecule has 0 aliphatic carbocycles. The Hall–Kier alpha value is -2.30. The van der Waals surface area contributed by atoms with Crippen LogP contribution in [0.1, 0.15) is 27.2 Å². The number of aryl methyl sites for hydroxylation is 1. The van der Waals surface area contributed by atoms with Gasteiger partial charge < -0.3 is 14.4 Å². The molecule has 0 atom stereocenters. The fraction of sp³-hybridized carbons (Fsp3) is 0.286. The first kappa shape index (κ1) is 13.1. The fourth-order valence-corrected chi connectivity index (χ4v) is 2.07. The average molecular weight is 260 g/mol. The third-order valence-electron chi connectivity index (χ3n) is 3.08. The van der Waals surface area contributed by atoms with E-state index in [-0.39, 0.29) is 5.56 Å². The number of pyridine rings is 1. The van der Waals surface area contributed by atoms with Gasteiger partial charge in [0.05, 0.1) is 24.9 Å². The van der Waals surface area contributed by atoms with Crippen LogP contribution in [0.2, 0.25) is 0 Å². The quantitative estimate of drug-likeness (QED) is 0.915. The summed E-state index contributed by atoms with van der Waals surface area (Å²) in [5.41, 5.74) is 3.11. The highest BCUT2D eigenvalue weighted by Gasteiger charge is 2.11. The fourth-order valence-electron chi connectivity index (χ4n) is 2.07. The van der Waals surface area contributed by atoms with Crippen molar-refractivity contribution >= 4 is 5.97 Å². The zero-order chi connectivity index (χ0) is 14.0. The lowest BCUT2D eigenvalue weighted by atomic mass is 10.1. The second-order valence-corrected chi connectivity index (χ2v) is 4.42. The Balaban J connectivity index is 2.30. The number of aromatic carboxylic acids is 1. The molecule has 5 nitrogen and oxygen atoms in total. The lowest BCUT2D eigenvalue weighted by Gasteiger charge is -2.12. The van der Waals surface area contributed by atoms with E-state index in [2.05, 4.69) is 4.98 Å². The summed E-state index contributed by atoms with van der Waals surface area (Å²) >= 11 is 0. The van der Waals surface area contributed by atoms with Crippen LogP contribution < -0.4 is 4.74 Å². The molecule has 2 aromatic heterocycles. The van der Waals surface area contributed by atoms with Crippen LogP contribution in [-0.4, -0.2) is 27.7 Å². The standard InChI is InChI=1S/C14H16N2O3/c1-9-6-15-12(10(2)13(9)19-3)8-16-5-4-11(7-16)14(17)18/h4-7H,8H2,1-3H3,(H,17,18). The molecule has 0 spiro atoms. The summed E-state index contributed by atoms with van der Waals surface area (Å²) < 4.78 is 7.15. The van der Waals surface area contributed by atoms with Gasteiger partial charge in [0.15, 0.2) is 0 Å². The Labute approximate surface area is 111 Å².